The fourth-order valence-electron chi connectivity index (χ4n) is 3.85. The largest absolute Gasteiger partial charge is 0.383 e. The van der Waals surface area contributed by atoms with Gasteiger partial charge in [-0.25, -0.2) is 0 Å². The minimum Gasteiger partial charge on any atom is -0.367 e. The van der Waals surface area contributed by atoms with Gasteiger partial charge in [-0.2, -0.15) is 0 Å². The van der Waals surface area contributed by atoms with E-state index in [1.54, 1.807) is 0 Å². The Morgan fingerprint density at radius 1 is 0.607 bits per heavy atom. The van der Waals surface area contributed by atoms with Gasteiger partial charge in [-0.05, 0) is 36.4 Å². The van der Waals surface area contributed by atoms with Crippen LogP contribution in [-0.2, 0) is 0 Å². The minimum atomic E-state index is -2.45. The van der Waals surface area contributed by atoms with Crippen LogP contribution in [-0.4, -0.2) is 29.7 Å². The van der Waals surface area contributed by atoms with Crippen LogP contribution in [0.3, 0.4) is 0 Å². The van der Waals surface area contributed by atoms with Gasteiger partial charge in [-0.3, -0.25) is 0 Å². The summed E-state index contributed by atoms with van der Waals surface area (Å²) in [4.78, 5) is 0. The minimum absolute atomic E-state index is 0.884. The molecule has 0 N–H and O–H groups in total. The monoisotopic (exact) mass is 387 g/mol. The highest BCUT2D eigenvalue weighted by Gasteiger charge is 2.48. The molecule has 0 aromatic heterocycles. The molecule has 4 heteroatoms. The lowest BCUT2D eigenvalue weighted by Gasteiger charge is -2.52. The van der Waals surface area contributed by atoms with E-state index in [-0.39, 0.29) is 0 Å². The molecule has 0 unspecified atom stereocenters. The summed E-state index contributed by atoms with van der Waals surface area (Å²) in [5, 5.41) is 0. The van der Waals surface area contributed by atoms with Gasteiger partial charge in [-0.15, -0.1) is 6.58 Å². The van der Waals surface area contributed by atoms with Crippen LogP contribution in [0, 0.1) is 0 Å². The Morgan fingerprint density at radius 3 is 1.14 bits per heavy atom. The zero-order valence-corrected chi connectivity index (χ0v) is 18.0. The number of rotatable bonds is 8. The number of allylic oxidation sites excluding steroid dienone is 1. The van der Waals surface area contributed by atoms with Gasteiger partial charge in [0.25, 0.3) is 0 Å². The zero-order chi connectivity index (χ0) is 20.0. The topological polar surface area (TPSA) is 9.72 Å². The molecule has 0 saturated heterocycles. The molecule has 3 aromatic carbocycles. The second kappa shape index (κ2) is 8.80. The molecule has 0 spiro atoms. The number of benzene rings is 3. The molecule has 3 nitrogen and oxygen atoms in total. The quantitative estimate of drug-likeness (QED) is 0.372. The van der Waals surface area contributed by atoms with Crippen molar-refractivity contribution in [3.05, 3.63) is 104 Å². The van der Waals surface area contributed by atoms with Crippen LogP contribution in [0.4, 0.5) is 17.1 Å². The van der Waals surface area contributed by atoms with Crippen molar-refractivity contribution in [2.24, 2.45) is 0 Å². The SMILES string of the molecule is C=CC[Si](N(C)c1ccccc1)(N(C)c1ccccc1)N(C)c1ccccc1. The molecule has 0 fully saturated rings. The van der Waals surface area contributed by atoms with Crippen LogP contribution in [0.5, 0.6) is 0 Å². The number of anilines is 3. The molecular weight excluding hydrogens is 358 g/mol. The van der Waals surface area contributed by atoms with E-state index in [1.807, 2.05) is 0 Å². The third-order valence-electron chi connectivity index (χ3n) is 5.46. The summed E-state index contributed by atoms with van der Waals surface area (Å²) in [7, 11) is 4.19. The summed E-state index contributed by atoms with van der Waals surface area (Å²) in [6.07, 6.45) is 2.06. The van der Waals surface area contributed by atoms with Crippen LogP contribution in [0.1, 0.15) is 0 Å². The van der Waals surface area contributed by atoms with E-state index in [2.05, 4.69) is 138 Å². The van der Waals surface area contributed by atoms with Crippen LogP contribution < -0.4 is 13.7 Å². The predicted molar refractivity (Wildman–Crippen MR) is 125 cm³/mol. The molecule has 0 atom stereocenters. The summed E-state index contributed by atoms with van der Waals surface area (Å²) in [5.74, 6) is 0. The maximum atomic E-state index is 4.13. The molecule has 0 aliphatic heterocycles. The zero-order valence-electron chi connectivity index (χ0n) is 17.0. The van der Waals surface area contributed by atoms with Gasteiger partial charge in [0.1, 0.15) is 0 Å². The summed E-state index contributed by atoms with van der Waals surface area (Å²) in [5.41, 5.74) is 3.63. The van der Waals surface area contributed by atoms with Crippen molar-refractivity contribution < 1.29 is 0 Å². The lowest BCUT2D eigenvalue weighted by Crippen LogP contribution is -2.73. The normalized spacial score (nSPS) is 11.0. The molecule has 0 aliphatic rings. The Hall–Kier alpha value is -2.98. The third-order valence-corrected chi connectivity index (χ3v) is 10.3. The molecule has 28 heavy (non-hydrogen) atoms. The first-order valence-corrected chi connectivity index (χ1v) is 11.6. The maximum absolute atomic E-state index is 4.13. The fourth-order valence-corrected chi connectivity index (χ4v) is 8.10. The van der Waals surface area contributed by atoms with Gasteiger partial charge in [0.15, 0.2) is 0 Å². The lowest BCUT2D eigenvalue weighted by molar-refractivity contribution is 1.04. The Balaban J connectivity index is 2.19. The molecule has 0 aliphatic carbocycles. The van der Waals surface area contributed by atoms with Crippen molar-refractivity contribution in [1.29, 1.82) is 0 Å². The van der Waals surface area contributed by atoms with Gasteiger partial charge in [0.2, 0.25) is 0 Å². The number of hydrogen-bond acceptors (Lipinski definition) is 3. The van der Waals surface area contributed by atoms with Crippen molar-refractivity contribution in [3.63, 3.8) is 0 Å². The summed E-state index contributed by atoms with van der Waals surface area (Å²) >= 11 is 0. The van der Waals surface area contributed by atoms with Crippen molar-refractivity contribution in [3.8, 4) is 0 Å². The van der Waals surface area contributed by atoms with Gasteiger partial charge < -0.3 is 13.7 Å². The Bertz CT molecular complexity index is 757. The van der Waals surface area contributed by atoms with E-state index in [9.17, 15) is 0 Å². The Kier molecular flexibility index (Phi) is 6.22. The smallest absolute Gasteiger partial charge is 0.367 e. The fraction of sp³-hybridized carbons (Fsp3) is 0.167. The van der Waals surface area contributed by atoms with E-state index in [1.165, 1.54) is 17.1 Å². The second-order valence-corrected chi connectivity index (χ2v) is 10.9. The van der Waals surface area contributed by atoms with E-state index in [0.29, 0.717) is 0 Å². The molecule has 144 valence electrons. The average molecular weight is 388 g/mol. The molecule has 0 heterocycles. The van der Waals surface area contributed by atoms with Gasteiger partial charge >= 0.3 is 8.56 Å². The van der Waals surface area contributed by atoms with E-state index < -0.39 is 8.56 Å². The average Bonchev–Trinajstić information content (AvgIpc) is 2.78. The maximum Gasteiger partial charge on any atom is 0.383 e. The summed E-state index contributed by atoms with van der Waals surface area (Å²) in [6, 6.07) is 32.8. The first kappa shape index (κ1) is 19.8. The number of hydrogen-bond donors (Lipinski definition) is 0. The highest BCUT2D eigenvalue weighted by molar-refractivity contribution is 6.89. The molecule has 0 amide bonds. The van der Waals surface area contributed by atoms with E-state index in [4.69, 9.17) is 0 Å². The van der Waals surface area contributed by atoms with Crippen LogP contribution in [0.15, 0.2) is 104 Å². The summed E-state index contributed by atoms with van der Waals surface area (Å²) < 4.78 is 7.40. The number of nitrogens with zero attached hydrogens (tertiary/aromatic N) is 3. The van der Waals surface area contributed by atoms with Crippen LogP contribution in [0.25, 0.3) is 0 Å². The van der Waals surface area contributed by atoms with Crippen LogP contribution >= 0.6 is 0 Å². The van der Waals surface area contributed by atoms with Crippen molar-refractivity contribution in [2.45, 2.75) is 6.04 Å². The third kappa shape index (κ3) is 3.69. The van der Waals surface area contributed by atoms with Gasteiger partial charge in [0.05, 0.1) is 0 Å². The van der Waals surface area contributed by atoms with E-state index >= 15 is 0 Å². The molecule has 3 rings (SSSR count). The first-order chi connectivity index (χ1) is 13.6. The lowest BCUT2D eigenvalue weighted by atomic mass is 10.3. The van der Waals surface area contributed by atoms with Gasteiger partial charge in [0, 0.05) is 44.2 Å². The van der Waals surface area contributed by atoms with Crippen molar-refractivity contribution in [1.82, 2.24) is 0 Å². The van der Waals surface area contributed by atoms with Crippen LogP contribution in [0.2, 0.25) is 6.04 Å². The molecule has 3 aromatic rings. The predicted octanol–water partition coefficient (Wildman–Crippen LogP) is 5.52. The van der Waals surface area contributed by atoms with E-state index in [0.717, 1.165) is 6.04 Å². The molecule has 0 radical (unpaired) electrons. The Morgan fingerprint density at radius 2 is 0.893 bits per heavy atom. The van der Waals surface area contributed by atoms with Crippen molar-refractivity contribution >= 4 is 25.6 Å². The standard InChI is InChI=1S/C24H29N3Si/c1-5-21-28(25(2)22-15-9-6-10-16-22,26(3)23-17-11-7-12-18-23)27(4)24-19-13-8-14-20-24/h5-20H,1,21H2,2-4H3. The molecule has 0 bridgehead atoms. The second-order valence-electron chi connectivity index (χ2n) is 6.95. The molecule has 0 saturated carbocycles. The Labute approximate surface area is 170 Å². The number of para-hydroxylation sites is 3. The molecular formula is C24H29N3Si. The first-order valence-electron chi connectivity index (χ1n) is 9.59. The highest BCUT2D eigenvalue weighted by atomic mass is 28.4. The highest BCUT2D eigenvalue weighted by Crippen LogP contribution is 2.34. The summed E-state index contributed by atoms with van der Waals surface area (Å²) in [6.45, 7) is 4.13. The van der Waals surface area contributed by atoms with Gasteiger partial charge in [-0.1, -0.05) is 60.7 Å². The van der Waals surface area contributed by atoms with Crippen molar-refractivity contribution in [2.75, 3.05) is 34.8 Å².